The van der Waals surface area contributed by atoms with Gasteiger partial charge in [0.25, 0.3) is 5.91 Å². The van der Waals surface area contributed by atoms with E-state index < -0.39 is 11.8 Å². The number of carbonyl (C=O) groups excluding carboxylic acids is 2. The number of hydrogen-bond donors (Lipinski definition) is 2. The van der Waals surface area contributed by atoms with E-state index in [1.807, 2.05) is 65.6 Å². The molecule has 0 aliphatic heterocycles. The molecule has 0 aliphatic rings. The zero-order valence-electron chi connectivity index (χ0n) is 15.4. The van der Waals surface area contributed by atoms with Crippen molar-refractivity contribution in [1.82, 2.24) is 10.2 Å². The van der Waals surface area contributed by atoms with Gasteiger partial charge in [-0.25, -0.2) is 0 Å². The van der Waals surface area contributed by atoms with Crippen molar-refractivity contribution in [1.29, 1.82) is 0 Å². The second-order valence-corrected chi connectivity index (χ2v) is 6.51. The number of rotatable bonds is 7. The van der Waals surface area contributed by atoms with Crippen LogP contribution in [-0.2, 0) is 17.9 Å². The highest BCUT2D eigenvalue weighted by molar-refractivity contribution is 6.06. The molecule has 0 atom stereocenters. The number of phenols is 1. The summed E-state index contributed by atoms with van der Waals surface area (Å²) in [4.78, 5) is 26.7. The number of para-hydroxylation sites is 1. The molecule has 0 heterocycles. The summed E-state index contributed by atoms with van der Waals surface area (Å²) in [7, 11) is 0. The Morgan fingerprint density at radius 1 is 0.750 bits per heavy atom. The number of phenolic OH excluding ortho intramolecular Hbond substituents is 1. The van der Waals surface area contributed by atoms with Crippen LogP contribution in [0.15, 0.2) is 84.9 Å². The van der Waals surface area contributed by atoms with Gasteiger partial charge in [-0.1, -0.05) is 72.8 Å². The predicted octanol–water partition coefficient (Wildman–Crippen LogP) is 3.35. The molecule has 142 valence electrons. The third-order valence-electron chi connectivity index (χ3n) is 4.27. The molecule has 0 unspecified atom stereocenters. The van der Waals surface area contributed by atoms with Crippen molar-refractivity contribution in [2.45, 2.75) is 13.1 Å². The summed E-state index contributed by atoms with van der Waals surface area (Å²) in [6.07, 6.45) is 0. The number of hydrogen-bond acceptors (Lipinski definition) is 4. The van der Waals surface area contributed by atoms with Crippen LogP contribution in [0.4, 0.5) is 0 Å². The van der Waals surface area contributed by atoms with Crippen LogP contribution in [0.2, 0.25) is 0 Å². The fourth-order valence-corrected chi connectivity index (χ4v) is 2.95. The molecule has 3 rings (SSSR count). The number of imide groups is 1. The predicted molar refractivity (Wildman–Crippen MR) is 108 cm³/mol. The fraction of sp³-hybridized carbons (Fsp3) is 0.130. The summed E-state index contributed by atoms with van der Waals surface area (Å²) >= 11 is 0. The standard InChI is InChI=1S/C23H22N2O3/c26-21-14-8-7-13-20(21)23(28)24-22(27)17-25(15-18-9-3-1-4-10-18)16-19-11-5-2-6-12-19/h1-14,26H,15-17H2,(H,24,27,28). The first-order chi connectivity index (χ1) is 13.6. The largest absolute Gasteiger partial charge is 0.507 e. The molecular weight excluding hydrogens is 352 g/mol. The minimum atomic E-state index is -0.609. The van der Waals surface area contributed by atoms with Gasteiger partial charge in [0.1, 0.15) is 5.75 Å². The molecule has 0 fully saturated rings. The van der Waals surface area contributed by atoms with E-state index in [2.05, 4.69) is 5.32 Å². The molecule has 0 spiro atoms. The van der Waals surface area contributed by atoms with Crippen molar-refractivity contribution >= 4 is 11.8 Å². The second-order valence-electron chi connectivity index (χ2n) is 6.51. The van der Waals surface area contributed by atoms with Crippen LogP contribution in [0.25, 0.3) is 0 Å². The van der Waals surface area contributed by atoms with Gasteiger partial charge in [-0.3, -0.25) is 19.8 Å². The summed E-state index contributed by atoms with van der Waals surface area (Å²) < 4.78 is 0. The van der Waals surface area contributed by atoms with Gasteiger partial charge < -0.3 is 5.11 Å². The van der Waals surface area contributed by atoms with Gasteiger partial charge in [0.05, 0.1) is 12.1 Å². The topological polar surface area (TPSA) is 69.6 Å². The fourth-order valence-electron chi connectivity index (χ4n) is 2.95. The average molecular weight is 374 g/mol. The summed E-state index contributed by atoms with van der Waals surface area (Å²) in [5.41, 5.74) is 2.24. The lowest BCUT2D eigenvalue weighted by atomic mass is 10.1. The van der Waals surface area contributed by atoms with Crippen LogP contribution in [0.3, 0.4) is 0 Å². The van der Waals surface area contributed by atoms with Crippen LogP contribution in [0.1, 0.15) is 21.5 Å². The lowest BCUT2D eigenvalue weighted by molar-refractivity contribution is -0.121. The molecule has 2 N–H and O–H groups in total. The Kier molecular flexibility index (Phi) is 6.54. The maximum atomic E-state index is 12.5. The van der Waals surface area contributed by atoms with E-state index in [1.54, 1.807) is 12.1 Å². The van der Waals surface area contributed by atoms with E-state index in [-0.39, 0.29) is 17.9 Å². The van der Waals surface area contributed by atoms with E-state index in [9.17, 15) is 14.7 Å². The molecule has 0 aromatic heterocycles. The Hall–Kier alpha value is -3.44. The Morgan fingerprint density at radius 2 is 1.25 bits per heavy atom. The van der Waals surface area contributed by atoms with E-state index in [0.717, 1.165) is 11.1 Å². The maximum absolute atomic E-state index is 12.5. The molecule has 2 amide bonds. The Bertz CT molecular complexity index is 885. The third-order valence-corrected chi connectivity index (χ3v) is 4.27. The minimum Gasteiger partial charge on any atom is -0.507 e. The van der Waals surface area contributed by atoms with Crippen molar-refractivity contribution in [2.75, 3.05) is 6.54 Å². The summed E-state index contributed by atoms with van der Waals surface area (Å²) in [5, 5.41) is 12.1. The SMILES string of the molecule is O=C(CN(Cc1ccccc1)Cc1ccccc1)NC(=O)c1ccccc1O. The van der Waals surface area contributed by atoms with Crippen molar-refractivity contribution in [3.8, 4) is 5.75 Å². The molecule has 28 heavy (non-hydrogen) atoms. The molecule has 5 nitrogen and oxygen atoms in total. The van der Waals surface area contributed by atoms with Gasteiger partial charge >= 0.3 is 0 Å². The van der Waals surface area contributed by atoms with Crippen LogP contribution < -0.4 is 5.32 Å². The van der Waals surface area contributed by atoms with Crippen molar-refractivity contribution in [3.05, 3.63) is 102 Å². The Labute approximate surface area is 164 Å². The third kappa shape index (κ3) is 5.53. The van der Waals surface area contributed by atoms with Crippen molar-refractivity contribution < 1.29 is 14.7 Å². The number of nitrogens with zero attached hydrogens (tertiary/aromatic N) is 1. The Morgan fingerprint density at radius 3 is 1.79 bits per heavy atom. The monoisotopic (exact) mass is 374 g/mol. The van der Waals surface area contributed by atoms with Crippen molar-refractivity contribution in [2.24, 2.45) is 0 Å². The van der Waals surface area contributed by atoms with E-state index >= 15 is 0 Å². The minimum absolute atomic E-state index is 0.0587. The number of carbonyl (C=O) groups is 2. The highest BCUT2D eigenvalue weighted by Gasteiger charge is 2.17. The molecule has 0 radical (unpaired) electrons. The van der Waals surface area contributed by atoms with Gasteiger partial charge in [-0.2, -0.15) is 0 Å². The second kappa shape index (κ2) is 9.48. The van der Waals surface area contributed by atoms with Gasteiger partial charge in [0, 0.05) is 13.1 Å². The quantitative estimate of drug-likeness (QED) is 0.665. The molecule has 5 heteroatoms. The number of benzene rings is 3. The summed E-state index contributed by atoms with van der Waals surface area (Å²) in [6, 6.07) is 25.9. The lowest BCUT2D eigenvalue weighted by Crippen LogP contribution is -2.39. The van der Waals surface area contributed by atoms with Gasteiger partial charge in [0.15, 0.2) is 0 Å². The molecule has 3 aromatic carbocycles. The summed E-state index contributed by atoms with van der Waals surface area (Å²) in [6.45, 7) is 1.21. The first-order valence-electron chi connectivity index (χ1n) is 9.04. The molecule has 0 aliphatic carbocycles. The molecule has 0 saturated heterocycles. The first-order valence-corrected chi connectivity index (χ1v) is 9.04. The number of nitrogens with one attached hydrogen (secondary N) is 1. The van der Waals surface area contributed by atoms with E-state index in [4.69, 9.17) is 0 Å². The van der Waals surface area contributed by atoms with Gasteiger partial charge in [0.2, 0.25) is 5.91 Å². The highest BCUT2D eigenvalue weighted by Crippen LogP contribution is 2.15. The average Bonchev–Trinajstić information content (AvgIpc) is 2.69. The zero-order valence-corrected chi connectivity index (χ0v) is 15.4. The molecule has 3 aromatic rings. The molecular formula is C23H22N2O3. The highest BCUT2D eigenvalue weighted by atomic mass is 16.3. The number of aromatic hydroxyl groups is 1. The van der Waals surface area contributed by atoms with Crippen LogP contribution in [-0.4, -0.2) is 28.4 Å². The smallest absolute Gasteiger partial charge is 0.261 e. The number of amides is 2. The van der Waals surface area contributed by atoms with Crippen molar-refractivity contribution in [3.63, 3.8) is 0 Å². The lowest BCUT2D eigenvalue weighted by Gasteiger charge is -2.22. The van der Waals surface area contributed by atoms with E-state index in [0.29, 0.717) is 13.1 Å². The maximum Gasteiger partial charge on any atom is 0.261 e. The van der Waals surface area contributed by atoms with Crippen LogP contribution in [0.5, 0.6) is 5.75 Å². The van der Waals surface area contributed by atoms with Gasteiger partial charge in [-0.15, -0.1) is 0 Å². The molecule has 0 saturated carbocycles. The van der Waals surface area contributed by atoms with Crippen LogP contribution in [0, 0.1) is 0 Å². The zero-order chi connectivity index (χ0) is 19.8. The van der Waals surface area contributed by atoms with Gasteiger partial charge in [-0.05, 0) is 23.3 Å². The Balaban J connectivity index is 1.68. The van der Waals surface area contributed by atoms with Crippen LogP contribution >= 0.6 is 0 Å². The first kappa shape index (κ1) is 19.3. The normalized spacial score (nSPS) is 10.6. The molecule has 0 bridgehead atoms. The summed E-state index contributed by atoms with van der Waals surface area (Å²) in [5.74, 6) is -1.18. The van der Waals surface area contributed by atoms with E-state index in [1.165, 1.54) is 12.1 Å².